The second-order valence-corrected chi connectivity index (χ2v) is 4.68. The molecule has 0 aromatic heterocycles. The van der Waals surface area contributed by atoms with Gasteiger partial charge in [-0.2, -0.15) is 0 Å². The highest BCUT2D eigenvalue weighted by Crippen LogP contribution is 2.00. The van der Waals surface area contributed by atoms with Crippen LogP contribution >= 0.6 is 0 Å². The minimum atomic E-state index is 0.699. The summed E-state index contributed by atoms with van der Waals surface area (Å²) in [5, 5.41) is 0. The first-order chi connectivity index (χ1) is 9.41. The third-order valence-corrected chi connectivity index (χ3v) is 2.79. The van der Waals surface area contributed by atoms with E-state index in [1.807, 2.05) is 0 Å². The summed E-state index contributed by atoms with van der Waals surface area (Å²) in [4.78, 5) is 0. The Hall–Kier alpha value is -1.32. The van der Waals surface area contributed by atoms with Crippen LogP contribution in [0.3, 0.4) is 0 Å². The first kappa shape index (κ1) is 17.7. The van der Waals surface area contributed by atoms with Crippen molar-refractivity contribution in [3.05, 3.63) is 0 Å². The van der Waals surface area contributed by atoms with Crippen molar-refractivity contribution in [2.75, 3.05) is 0 Å². The van der Waals surface area contributed by atoms with Crippen LogP contribution in [0.1, 0.15) is 84.5 Å². The molecule has 0 atom stereocenters. The molecular formula is C19H28. The summed E-state index contributed by atoms with van der Waals surface area (Å²) in [7, 11) is 0. The van der Waals surface area contributed by atoms with Crippen LogP contribution in [0.4, 0.5) is 0 Å². The summed E-state index contributed by atoms with van der Waals surface area (Å²) in [5.41, 5.74) is 0. The van der Waals surface area contributed by atoms with E-state index in [4.69, 9.17) is 0 Å². The molecule has 0 rings (SSSR count). The molecule has 0 amide bonds. The molecule has 0 aliphatic rings. The summed E-state index contributed by atoms with van der Waals surface area (Å²) >= 11 is 0. The smallest absolute Gasteiger partial charge is 0.0702 e. The average molecular weight is 256 g/mol. The zero-order valence-electron chi connectivity index (χ0n) is 12.8. The normalized spacial score (nSPS) is 8.53. The van der Waals surface area contributed by atoms with Crippen molar-refractivity contribution in [3.8, 4) is 35.5 Å². The lowest BCUT2D eigenvalue weighted by atomic mass is 10.1. The Morgan fingerprint density at radius 1 is 0.474 bits per heavy atom. The van der Waals surface area contributed by atoms with E-state index in [0.29, 0.717) is 12.8 Å². The van der Waals surface area contributed by atoms with Gasteiger partial charge in [0.15, 0.2) is 0 Å². The average Bonchev–Trinajstić information content (AvgIpc) is 2.43. The predicted molar refractivity (Wildman–Crippen MR) is 85.5 cm³/mol. The van der Waals surface area contributed by atoms with E-state index in [2.05, 4.69) is 49.4 Å². The summed E-state index contributed by atoms with van der Waals surface area (Å²) in [6.07, 6.45) is 12.4. The summed E-state index contributed by atoms with van der Waals surface area (Å²) in [6.45, 7) is 4.44. The van der Waals surface area contributed by atoms with Gasteiger partial charge in [0, 0.05) is 12.8 Å². The fraction of sp³-hybridized carbons (Fsp3) is 0.684. The zero-order chi connectivity index (χ0) is 14.0. The van der Waals surface area contributed by atoms with Gasteiger partial charge in [0.05, 0.1) is 12.8 Å². The van der Waals surface area contributed by atoms with Crippen molar-refractivity contribution in [1.29, 1.82) is 0 Å². The van der Waals surface area contributed by atoms with E-state index in [0.717, 1.165) is 12.8 Å². The molecule has 0 bridgehead atoms. The van der Waals surface area contributed by atoms with E-state index >= 15 is 0 Å². The summed E-state index contributed by atoms with van der Waals surface area (Å²) in [6, 6.07) is 0. The van der Waals surface area contributed by atoms with Gasteiger partial charge in [-0.05, 0) is 12.8 Å². The monoisotopic (exact) mass is 256 g/mol. The number of hydrogen-bond acceptors (Lipinski definition) is 0. The fourth-order valence-corrected chi connectivity index (χ4v) is 1.62. The lowest BCUT2D eigenvalue weighted by Gasteiger charge is -1.91. The van der Waals surface area contributed by atoms with Gasteiger partial charge in [0.2, 0.25) is 0 Å². The second-order valence-electron chi connectivity index (χ2n) is 4.68. The Morgan fingerprint density at radius 2 is 0.895 bits per heavy atom. The molecule has 19 heavy (non-hydrogen) atoms. The highest BCUT2D eigenvalue weighted by molar-refractivity contribution is 5.16. The van der Waals surface area contributed by atoms with Crippen molar-refractivity contribution < 1.29 is 0 Å². The van der Waals surface area contributed by atoms with E-state index < -0.39 is 0 Å². The number of rotatable bonds is 7. The van der Waals surface area contributed by atoms with Crippen LogP contribution in [-0.4, -0.2) is 0 Å². The Balaban J connectivity index is 3.41. The molecule has 0 unspecified atom stereocenters. The standard InChI is InChI=1S/C19H28/c1-3-5-7-9-11-13-15-17-19-18-16-14-12-10-8-6-4-2/h3-11,16-17H2,1-2H3. The maximum atomic E-state index is 3.18. The van der Waals surface area contributed by atoms with Crippen molar-refractivity contribution in [2.45, 2.75) is 84.5 Å². The molecule has 104 valence electrons. The van der Waals surface area contributed by atoms with Crippen molar-refractivity contribution >= 4 is 0 Å². The third kappa shape index (κ3) is 16.7. The highest BCUT2D eigenvalue weighted by Gasteiger charge is 1.83. The molecule has 0 saturated heterocycles. The molecule has 0 saturated carbocycles. The quantitative estimate of drug-likeness (QED) is 0.427. The Bertz CT molecular complexity index is 356. The SMILES string of the molecule is CCCCCC#CCC#CCC#CCCCCCC. The van der Waals surface area contributed by atoms with Crippen LogP contribution in [0.15, 0.2) is 0 Å². The molecule has 0 radical (unpaired) electrons. The maximum absolute atomic E-state index is 3.18. The molecular weight excluding hydrogens is 228 g/mol. The minimum absolute atomic E-state index is 0.699. The molecule has 0 N–H and O–H groups in total. The number of unbranched alkanes of at least 4 members (excludes halogenated alkanes) is 7. The molecule has 0 fully saturated rings. The van der Waals surface area contributed by atoms with Gasteiger partial charge in [-0.3, -0.25) is 0 Å². The number of hydrogen-bond donors (Lipinski definition) is 0. The Kier molecular flexibility index (Phi) is 15.5. The van der Waals surface area contributed by atoms with Crippen LogP contribution in [0.5, 0.6) is 0 Å². The molecule has 0 spiro atoms. The van der Waals surface area contributed by atoms with Gasteiger partial charge in [0.1, 0.15) is 0 Å². The Morgan fingerprint density at radius 3 is 1.42 bits per heavy atom. The van der Waals surface area contributed by atoms with Crippen molar-refractivity contribution in [1.82, 2.24) is 0 Å². The molecule has 0 aliphatic carbocycles. The first-order valence-corrected chi connectivity index (χ1v) is 7.79. The van der Waals surface area contributed by atoms with E-state index in [1.54, 1.807) is 0 Å². The lowest BCUT2D eigenvalue weighted by Crippen LogP contribution is -1.74. The fourth-order valence-electron chi connectivity index (χ4n) is 1.62. The van der Waals surface area contributed by atoms with E-state index in [1.165, 1.54) is 44.9 Å². The van der Waals surface area contributed by atoms with Gasteiger partial charge < -0.3 is 0 Å². The van der Waals surface area contributed by atoms with Crippen LogP contribution in [0.25, 0.3) is 0 Å². The van der Waals surface area contributed by atoms with Gasteiger partial charge in [-0.1, -0.05) is 69.6 Å². The van der Waals surface area contributed by atoms with Crippen LogP contribution < -0.4 is 0 Å². The van der Waals surface area contributed by atoms with Crippen molar-refractivity contribution in [3.63, 3.8) is 0 Å². The summed E-state index contributed by atoms with van der Waals surface area (Å²) < 4.78 is 0. The largest absolute Gasteiger partial charge is 0.102 e. The van der Waals surface area contributed by atoms with Crippen LogP contribution in [0, 0.1) is 35.5 Å². The van der Waals surface area contributed by atoms with Gasteiger partial charge >= 0.3 is 0 Å². The molecule has 0 heteroatoms. The highest BCUT2D eigenvalue weighted by atomic mass is 13.9. The summed E-state index contributed by atoms with van der Waals surface area (Å²) in [5.74, 6) is 18.7. The molecule has 0 aromatic carbocycles. The predicted octanol–water partition coefficient (Wildman–Crippen LogP) is 5.33. The van der Waals surface area contributed by atoms with E-state index in [9.17, 15) is 0 Å². The van der Waals surface area contributed by atoms with Crippen molar-refractivity contribution in [2.24, 2.45) is 0 Å². The molecule has 0 aromatic rings. The van der Waals surface area contributed by atoms with Gasteiger partial charge in [0.25, 0.3) is 0 Å². The molecule has 0 heterocycles. The second kappa shape index (κ2) is 16.7. The van der Waals surface area contributed by atoms with Gasteiger partial charge in [-0.15, -0.1) is 11.8 Å². The minimum Gasteiger partial charge on any atom is -0.102 e. The van der Waals surface area contributed by atoms with E-state index in [-0.39, 0.29) is 0 Å². The Labute approximate surface area is 120 Å². The van der Waals surface area contributed by atoms with Gasteiger partial charge in [-0.25, -0.2) is 0 Å². The maximum Gasteiger partial charge on any atom is 0.0702 e. The first-order valence-electron chi connectivity index (χ1n) is 7.79. The third-order valence-electron chi connectivity index (χ3n) is 2.79. The van der Waals surface area contributed by atoms with Crippen LogP contribution in [-0.2, 0) is 0 Å². The molecule has 0 aliphatic heterocycles. The molecule has 0 nitrogen and oxygen atoms in total. The lowest BCUT2D eigenvalue weighted by molar-refractivity contribution is 0.679. The topological polar surface area (TPSA) is 0 Å². The zero-order valence-corrected chi connectivity index (χ0v) is 12.8. The van der Waals surface area contributed by atoms with Crippen LogP contribution in [0.2, 0.25) is 0 Å².